The zero-order valence-electron chi connectivity index (χ0n) is 12.5. The summed E-state index contributed by atoms with van der Waals surface area (Å²) in [5, 5.41) is 3.42. The van der Waals surface area contributed by atoms with Crippen LogP contribution >= 0.6 is 23.1 Å². The number of nitrogens with one attached hydrogen (secondary N) is 1. The highest BCUT2D eigenvalue weighted by Crippen LogP contribution is 2.26. The Morgan fingerprint density at radius 3 is 2.91 bits per heavy atom. The van der Waals surface area contributed by atoms with Gasteiger partial charge in [-0.2, -0.15) is 9.36 Å². The van der Waals surface area contributed by atoms with Crippen LogP contribution in [0.3, 0.4) is 0 Å². The molecule has 22 heavy (non-hydrogen) atoms. The second-order valence-electron chi connectivity index (χ2n) is 5.12. The van der Waals surface area contributed by atoms with Gasteiger partial charge in [0.15, 0.2) is 5.82 Å². The molecule has 0 saturated carbocycles. The van der Waals surface area contributed by atoms with E-state index in [-0.39, 0.29) is 5.91 Å². The lowest BCUT2D eigenvalue weighted by Crippen LogP contribution is -2.28. The van der Waals surface area contributed by atoms with Gasteiger partial charge in [0.25, 0.3) is 5.91 Å². The fourth-order valence-electron chi connectivity index (χ4n) is 1.56. The van der Waals surface area contributed by atoms with Crippen molar-refractivity contribution in [2.45, 2.75) is 26.9 Å². The first-order chi connectivity index (χ1) is 10.5. The molecule has 118 valence electrons. The summed E-state index contributed by atoms with van der Waals surface area (Å²) >= 11 is 7.09. The van der Waals surface area contributed by atoms with Gasteiger partial charge in [0.2, 0.25) is 5.13 Å². The molecule has 1 unspecified atom stereocenters. The van der Waals surface area contributed by atoms with Crippen molar-refractivity contribution in [2.24, 2.45) is 5.92 Å². The molecule has 2 aromatic heterocycles. The van der Waals surface area contributed by atoms with E-state index in [0.717, 1.165) is 11.5 Å². The maximum Gasteiger partial charge on any atom is 0.255 e. The highest BCUT2D eigenvalue weighted by molar-refractivity contribution is 7.10. The number of aromatic nitrogens is 3. The van der Waals surface area contributed by atoms with Crippen LogP contribution in [0, 0.1) is 5.92 Å². The predicted molar refractivity (Wildman–Crippen MR) is 87.0 cm³/mol. The minimum atomic E-state index is -0.545. The largest absolute Gasteiger partial charge is 0.368 e. The topological polar surface area (TPSA) is 77.0 Å². The van der Waals surface area contributed by atoms with Crippen LogP contribution in [0.4, 0.5) is 5.13 Å². The second kappa shape index (κ2) is 7.62. The third-order valence-electron chi connectivity index (χ3n) is 2.70. The third kappa shape index (κ3) is 4.46. The average Bonchev–Trinajstić information content (AvgIpc) is 2.93. The van der Waals surface area contributed by atoms with Crippen LogP contribution in [0.1, 0.15) is 20.8 Å². The van der Waals surface area contributed by atoms with Crippen molar-refractivity contribution in [2.75, 3.05) is 11.9 Å². The molecule has 0 spiro atoms. The molecule has 0 aliphatic heterocycles. The molecule has 2 rings (SSSR count). The first-order valence-electron chi connectivity index (χ1n) is 6.84. The molecule has 2 aromatic rings. The van der Waals surface area contributed by atoms with Gasteiger partial charge in [-0.25, -0.2) is 4.98 Å². The van der Waals surface area contributed by atoms with E-state index in [4.69, 9.17) is 16.3 Å². The van der Waals surface area contributed by atoms with E-state index in [1.807, 2.05) is 13.8 Å². The number of halogens is 1. The van der Waals surface area contributed by atoms with Crippen LogP contribution in [0.2, 0.25) is 5.15 Å². The van der Waals surface area contributed by atoms with E-state index in [0.29, 0.717) is 34.2 Å². The summed E-state index contributed by atoms with van der Waals surface area (Å²) in [5.74, 6) is 0.561. The normalized spacial score (nSPS) is 12.4. The first kappa shape index (κ1) is 16.8. The number of carbonyl (C=O) groups excluding carboxylic acids is 1. The van der Waals surface area contributed by atoms with Crippen LogP contribution in [0.25, 0.3) is 11.4 Å². The summed E-state index contributed by atoms with van der Waals surface area (Å²) in [6, 6.07) is 3.53. The van der Waals surface area contributed by atoms with Gasteiger partial charge in [-0.1, -0.05) is 25.4 Å². The quantitative estimate of drug-likeness (QED) is 0.817. The monoisotopic (exact) mass is 340 g/mol. The Hall–Kier alpha value is -1.57. The zero-order chi connectivity index (χ0) is 16.1. The van der Waals surface area contributed by atoms with Gasteiger partial charge in [0.1, 0.15) is 11.3 Å². The fourth-order valence-corrected chi connectivity index (χ4v) is 2.35. The number of pyridine rings is 1. The predicted octanol–water partition coefficient (Wildman–Crippen LogP) is 3.25. The van der Waals surface area contributed by atoms with Crippen molar-refractivity contribution in [1.29, 1.82) is 0 Å². The van der Waals surface area contributed by atoms with E-state index < -0.39 is 6.10 Å². The van der Waals surface area contributed by atoms with Crippen LogP contribution in [-0.4, -0.2) is 33.0 Å². The van der Waals surface area contributed by atoms with Gasteiger partial charge in [0, 0.05) is 24.3 Å². The Balaban J connectivity index is 2.00. The number of nitrogens with zero attached hydrogens (tertiary/aromatic N) is 3. The standard InChI is InChI=1S/C14H17ClN4O2S/c1-8(2)7-21-9(3)13(20)18-14-17-12(19-22-14)10-5-4-6-16-11(10)15/h4-6,8-9H,7H2,1-3H3,(H,17,18,19,20). The van der Waals surface area contributed by atoms with E-state index in [2.05, 4.69) is 19.7 Å². The molecule has 0 radical (unpaired) electrons. The molecule has 1 N–H and O–H groups in total. The molecule has 0 aliphatic carbocycles. The molecular weight excluding hydrogens is 324 g/mol. The van der Waals surface area contributed by atoms with Gasteiger partial charge in [-0.15, -0.1) is 0 Å². The average molecular weight is 341 g/mol. The smallest absolute Gasteiger partial charge is 0.255 e. The number of hydrogen-bond donors (Lipinski definition) is 1. The maximum absolute atomic E-state index is 12.0. The second-order valence-corrected chi connectivity index (χ2v) is 6.23. The summed E-state index contributed by atoms with van der Waals surface area (Å²) < 4.78 is 9.65. The van der Waals surface area contributed by atoms with Gasteiger partial charge < -0.3 is 4.74 Å². The third-order valence-corrected chi connectivity index (χ3v) is 3.64. The molecule has 0 aliphatic rings. The molecule has 0 fully saturated rings. The number of amides is 1. The molecule has 0 saturated heterocycles. The van der Waals surface area contributed by atoms with Crippen LogP contribution in [0.15, 0.2) is 18.3 Å². The summed E-state index contributed by atoms with van der Waals surface area (Å²) in [6.07, 6.45) is 1.05. The zero-order valence-corrected chi connectivity index (χ0v) is 14.1. The molecule has 0 bridgehead atoms. The van der Waals surface area contributed by atoms with E-state index in [9.17, 15) is 4.79 Å². The number of ether oxygens (including phenoxy) is 1. The minimum absolute atomic E-state index is 0.249. The van der Waals surface area contributed by atoms with Crippen LogP contribution in [0.5, 0.6) is 0 Å². The van der Waals surface area contributed by atoms with Crippen molar-refractivity contribution >= 4 is 34.2 Å². The number of carbonyl (C=O) groups is 1. The molecular formula is C14H17ClN4O2S. The highest BCUT2D eigenvalue weighted by Gasteiger charge is 2.17. The molecule has 8 heteroatoms. The fraction of sp³-hybridized carbons (Fsp3) is 0.429. The SMILES string of the molecule is CC(C)COC(C)C(=O)Nc1nc(-c2cccnc2Cl)ns1. The molecule has 6 nitrogen and oxygen atoms in total. The molecule has 0 aromatic carbocycles. The lowest BCUT2D eigenvalue weighted by atomic mass is 10.2. The summed E-state index contributed by atoms with van der Waals surface area (Å²) in [5.41, 5.74) is 0.630. The van der Waals surface area contributed by atoms with Crippen molar-refractivity contribution in [3.63, 3.8) is 0 Å². The Morgan fingerprint density at radius 1 is 1.45 bits per heavy atom. The van der Waals surface area contributed by atoms with Crippen molar-refractivity contribution < 1.29 is 9.53 Å². The Labute approximate surface area is 138 Å². The van der Waals surface area contributed by atoms with E-state index in [1.165, 1.54) is 0 Å². The molecule has 1 atom stereocenters. The Morgan fingerprint density at radius 2 is 2.23 bits per heavy atom. The van der Waals surface area contributed by atoms with Gasteiger partial charge in [-0.3, -0.25) is 10.1 Å². The lowest BCUT2D eigenvalue weighted by molar-refractivity contribution is -0.126. The van der Waals surface area contributed by atoms with Crippen molar-refractivity contribution in [3.8, 4) is 11.4 Å². The van der Waals surface area contributed by atoms with Gasteiger partial charge >= 0.3 is 0 Å². The van der Waals surface area contributed by atoms with Crippen molar-refractivity contribution in [3.05, 3.63) is 23.5 Å². The highest BCUT2D eigenvalue weighted by atomic mass is 35.5. The van der Waals surface area contributed by atoms with Crippen LogP contribution in [-0.2, 0) is 9.53 Å². The molecule has 2 heterocycles. The maximum atomic E-state index is 12.0. The Kier molecular flexibility index (Phi) is 5.82. The van der Waals surface area contributed by atoms with E-state index in [1.54, 1.807) is 25.3 Å². The first-order valence-corrected chi connectivity index (χ1v) is 7.99. The number of hydrogen-bond acceptors (Lipinski definition) is 6. The summed E-state index contributed by atoms with van der Waals surface area (Å²) in [7, 11) is 0. The number of rotatable bonds is 6. The number of anilines is 1. The van der Waals surface area contributed by atoms with Gasteiger partial charge in [0.05, 0.1) is 5.56 Å². The van der Waals surface area contributed by atoms with Crippen LogP contribution < -0.4 is 5.32 Å². The van der Waals surface area contributed by atoms with Crippen molar-refractivity contribution in [1.82, 2.24) is 14.3 Å². The summed E-state index contributed by atoms with van der Waals surface area (Å²) in [4.78, 5) is 20.2. The lowest BCUT2D eigenvalue weighted by Gasteiger charge is -2.13. The molecule has 1 amide bonds. The minimum Gasteiger partial charge on any atom is -0.368 e. The summed E-state index contributed by atoms with van der Waals surface area (Å²) in [6.45, 7) is 6.29. The van der Waals surface area contributed by atoms with E-state index >= 15 is 0 Å². The van der Waals surface area contributed by atoms with Gasteiger partial charge in [-0.05, 0) is 25.0 Å². The Bertz CT molecular complexity index is 647.